The van der Waals surface area contributed by atoms with E-state index in [-0.39, 0.29) is 11.6 Å². The largest absolute Gasteiger partial charge is 0.507 e. The number of carboxylic acid groups (broad SMARTS) is 1. The molecule has 5 heteroatoms. The standard InChI is InChI=1S/C11H11NO4/c1-6-9(11(14)15)12-10(16-6)7-4-2-3-5-8(7)13/h2-6,9,13H,1H3,(H,14,15)/t6-,9-/m0/s1. The zero-order valence-corrected chi connectivity index (χ0v) is 8.62. The fraction of sp³-hybridized carbons (Fsp3) is 0.273. The molecule has 0 amide bonds. The van der Waals surface area contributed by atoms with Gasteiger partial charge in [0.05, 0.1) is 5.56 Å². The van der Waals surface area contributed by atoms with E-state index in [0.29, 0.717) is 5.56 Å². The number of aliphatic imine (C=N–C) groups is 1. The van der Waals surface area contributed by atoms with Crippen LogP contribution in [0.2, 0.25) is 0 Å². The third-order valence-corrected chi connectivity index (χ3v) is 2.39. The molecule has 2 atom stereocenters. The average molecular weight is 221 g/mol. The Morgan fingerprint density at radius 2 is 2.12 bits per heavy atom. The lowest BCUT2D eigenvalue weighted by Crippen LogP contribution is -2.27. The molecule has 0 unspecified atom stereocenters. The molecule has 0 fully saturated rings. The maximum atomic E-state index is 10.8. The fourth-order valence-corrected chi connectivity index (χ4v) is 1.55. The Balaban J connectivity index is 2.34. The number of carboxylic acids is 1. The van der Waals surface area contributed by atoms with E-state index < -0.39 is 18.1 Å². The van der Waals surface area contributed by atoms with Gasteiger partial charge < -0.3 is 14.9 Å². The van der Waals surface area contributed by atoms with Gasteiger partial charge in [-0.05, 0) is 19.1 Å². The predicted octanol–water partition coefficient (Wildman–Crippen LogP) is 1.01. The van der Waals surface area contributed by atoms with Crippen LogP contribution in [-0.4, -0.2) is 34.2 Å². The Bertz CT molecular complexity index is 455. The number of phenolic OH excluding ortho intramolecular Hbond substituents is 1. The molecule has 2 N–H and O–H groups in total. The molecule has 16 heavy (non-hydrogen) atoms. The van der Waals surface area contributed by atoms with Crippen LogP contribution in [0.5, 0.6) is 5.75 Å². The lowest BCUT2D eigenvalue weighted by molar-refractivity contribution is -0.139. The first-order valence-corrected chi connectivity index (χ1v) is 4.85. The highest BCUT2D eigenvalue weighted by atomic mass is 16.5. The van der Waals surface area contributed by atoms with Gasteiger partial charge in [0, 0.05) is 0 Å². The summed E-state index contributed by atoms with van der Waals surface area (Å²) < 4.78 is 5.31. The first-order valence-electron chi connectivity index (χ1n) is 4.85. The minimum Gasteiger partial charge on any atom is -0.507 e. The molecule has 0 bridgehead atoms. The highest BCUT2D eigenvalue weighted by molar-refractivity contribution is 5.99. The Morgan fingerprint density at radius 3 is 2.69 bits per heavy atom. The van der Waals surface area contributed by atoms with Crippen LogP contribution in [0, 0.1) is 0 Å². The monoisotopic (exact) mass is 221 g/mol. The predicted molar refractivity (Wildman–Crippen MR) is 56.6 cm³/mol. The number of aromatic hydroxyl groups is 1. The number of nitrogens with zero attached hydrogens (tertiary/aromatic N) is 1. The van der Waals surface area contributed by atoms with Gasteiger partial charge in [-0.15, -0.1) is 0 Å². The number of hydrogen-bond acceptors (Lipinski definition) is 4. The van der Waals surface area contributed by atoms with E-state index in [9.17, 15) is 9.90 Å². The number of ether oxygens (including phenoxy) is 1. The van der Waals surface area contributed by atoms with Crippen molar-refractivity contribution in [2.24, 2.45) is 4.99 Å². The molecular formula is C11H11NO4. The lowest BCUT2D eigenvalue weighted by Gasteiger charge is -2.08. The van der Waals surface area contributed by atoms with Crippen LogP contribution < -0.4 is 0 Å². The summed E-state index contributed by atoms with van der Waals surface area (Å²) in [5, 5.41) is 18.4. The summed E-state index contributed by atoms with van der Waals surface area (Å²) in [5.74, 6) is -0.824. The minimum atomic E-state index is -1.03. The molecule has 1 aliphatic rings. The van der Waals surface area contributed by atoms with Gasteiger partial charge in [0.1, 0.15) is 11.9 Å². The second kappa shape index (κ2) is 3.84. The normalized spacial score (nSPS) is 23.7. The van der Waals surface area contributed by atoms with Gasteiger partial charge in [-0.2, -0.15) is 0 Å². The minimum absolute atomic E-state index is 0.0273. The van der Waals surface area contributed by atoms with E-state index >= 15 is 0 Å². The van der Waals surface area contributed by atoms with Gasteiger partial charge in [-0.1, -0.05) is 12.1 Å². The van der Waals surface area contributed by atoms with E-state index in [1.54, 1.807) is 25.1 Å². The summed E-state index contributed by atoms with van der Waals surface area (Å²) in [7, 11) is 0. The summed E-state index contributed by atoms with van der Waals surface area (Å²) in [6, 6.07) is 5.62. The molecule has 0 aromatic heterocycles. The number of phenols is 1. The van der Waals surface area contributed by atoms with E-state index in [4.69, 9.17) is 9.84 Å². The van der Waals surface area contributed by atoms with Crippen molar-refractivity contribution in [3.63, 3.8) is 0 Å². The molecule has 1 aromatic carbocycles. The summed E-state index contributed by atoms with van der Waals surface area (Å²) in [6.45, 7) is 1.63. The Morgan fingerprint density at radius 1 is 1.44 bits per heavy atom. The van der Waals surface area contributed by atoms with Crippen LogP contribution >= 0.6 is 0 Å². The van der Waals surface area contributed by atoms with Crippen molar-refractivity contribution < 1.29 is 19.7 Å². The Labute approximate surface area is 92.0 Å². The zero-order valence-electron chi connectivity index (χ0n) is 8.62. The highest BCUT2D eigenvalue weighted by Gasteiger charge is 2.34. The molecule has 0 saturated carbocycles. The number of carbonyl (C=O) groups is 1. The molecule has 1 aromatic rings. The molecule has 84 valence electrons. The van der Waals surface area contributed by atoms with Gasteiger partial charge in [-0.3, -0.25) is 0 Å². The lowest BCUT2D eigenvalue weighted by atomic mass is 10.2. The van der Waals surface area contributed by atoms with Crippen LogP contribution in [0.4, 0.5) is 0 Å². The van der Waals surface area contributed by atoms with Crippen LogP contribution in [0.15, 0.2) is 29.3 Å². The maximum Gasteiger partial charge on any atom is 0.332 e. The first kappa shape index (κ1) is 10.5. The van der Waals surface area contributed by atoms with Crippen molar-refractivity contribution in [2.45, 2.75) is 19.1 Å². The van der Waals surface area contributed by atoms with Crippen molar-refractivity contribution in [1.82, 2.24) is 0 Å². The van der Waals surface area contributed by atoms with E-state index in [0.717, 1.165) is 0 Å². The zero-order chi connectivity index (χ0) is 11.7. The number of benzene rings is 1. The van der Waals surface area contributed by atoms with Gasteiger partial charge in [0.2, 0.25) is 5.90 Å². The quantitative estimate of drug-likeness (QED) is 0.781. The summed E-state index contributed by atoms with van der Waals surface area (Å²) >= 11 is 0. The van der Waals surface area contributed by atoms with Crippen molar-refractivity contribution in [2.75, 3.05) is 0 Å². The van der Waals surface area contributed by atoms with Gasteiger partial charge in [0.15, 0.2) is 6.04 Å². The number of aliphatic carboxylic acids is 1. The molecule has 0 spiro atoms. The third-order valence-electron chi connectivity index (χ3n) is 2.39. The van der Waals surface area contributed by atoms with E-state index in [1.807, 2.05) is 0 Å². The second-order valence-electron chi connectivity index (χ2n) is 3.56. The molecule has 5 nitrogen and oxygen atoms in total. The van der Waals surface area contributed by atoms with Gasteiger partial charge >= 0.3 is 5.97 Å². The first-order chi connectivity index (χ1) is 7.59. The molecule has 2 rings (SSSR count). The number of para-hydroxylation sites is 1. The topological polar surface area (TPSA) is 79.1 Å². The Kier molecular flexibility index (Phi) is 2.52. The number of hydrogen-bond donors (Lipinski definition) is 2. The van der Waals surface area contributed by atoms with Gasteiger partial charge in [0.25, 0.3) is 0 Å². The smallest absolute Gasteiger partial charge is 0.332 e. The molecule has 1 aliphatic heterocycles. The van der Waals surface area contributed by atoms with E-state index in [2.05, 4.69) is 4.99 Å². The van der Waals surface area contributed by atoms with Crippen molar-refractivity contribution in [1.29, 1.82) is 0 Å². The Hall–Kier alpha value is -2.04. The van der Waals surface area contributed by atoms with Crippen LogP contribution in [0.25, 0.3) is 0 Å². The van der Waals surface area contributed by atoms with Gasteiger partial charge in [-0.25, -0.2) is 9.79 Å². The summed E-state index contributed by atoms with van der Waals surface area (Å²) in [6.07, 6.45) is -0.521. The molecule has 0 saturated heterocycles. The average Bonchev–Trinajstić information content (AvgIpc) is 2.61. The SMILES string of the molecule is C[C@@H]1OC(c2ccccc2O)=N[C@@H]1C(=O)O. The van der Waals surface area contributed by atoms with Crippen molar-refractivity contribution in [3.05, 3.63) is 29.8 Å². The van der Waals surface area contributed by atoms with E-state index in [1.165, 1.54) is 6.07 Å². The van der Waals surface area contributed by atoms with Crippen LogP contribution in [0.1, 0.15) is 12.5 Å². The van der Waals surface area contributed by atoms with Crippen molar-refractivity contribution in [3.8, 4) is 5.75 Å². The molecule has 0 aliphatic carbocycles. The molecule has 0 radical (unpaired) electrons. The number of rotatable bonds is 2. The molecule has 1 heterocycles. The summed E-state index contributed by atoms with van der Waals surface area (Å²) in [5.41, 5.74) is 0.415. The maximum absolute atomic E-state index is 10.8. The summed E-state index contributed by atoms with van der Waals surface area (Å²) in [4.78, 5) is 14.8. The molecular weight excluding hydrogens is 210 g/mol. The third kappa shape index (κ3) is 1.71. The van der Waals surface area contributed by atoms with Crippen LogP contribution in [-0.2, 0) is 9.53 Å². The highest BCUT2D eigenvalue weighted by Crippen LogP contribution is 2.23. The van der Waals surface area contributed by atoms with Crippen molar-refractivity contribution >= 4 is 11.9 Å². The van der Waals surface area contributed by atoms with Crippen LogP contribution in [0.3, 0.4) is 0 Å². The second-order valence-corrected chi connectivity index (χ2v) is 3.56. The fourth-order valence-electron chi connectivity index (χ4n) is 1.55.